The summed E-state index contributed by atoms with van der Waals surface area (Å²) >= 11 is 1.58. The van der Waals surface area contributed by atoms with E-state index >= 15 is 0 Å². The smallest absolute Gasteiger partial charge is 0.277 e. The van der Waals surface area contributed by atoms with Crippen LogP contribution in [0.1, 0.15) is 16.1 Å². The summed E-state index contributed by atoms with van der Waals surface area (Å²) in [5.41, 5.74) is 3.09. The van der Waals surface area contributed by atoms with Crippen LogP contribution >= 0.6 is 11.8 Å². The Morgan fingerprint density at radius 2 is 1.87 bits per heavy atom. The standard InChI is InChI=1S/C18H16N2O2S/c1-12-7-9-13(10-8-12)16-11-15(20-22-16)18(21)19-14-5-3-4-6-17(14)23-2/h3-11H,1-2H3,(H,19,21). The van der Waals surface area contributed by atoms with Crippen LogP contribution in [0.25, 0.3) is 11.3 Å². The number of carbonyl (C=O) groups is 1. The van der Waals surface area contributed by atoms with Gasteiger partial charge < -0.3 is 9.84 Å². The lowest BCUT2D eigenvalue weighted by molar-refractivity contribution is 0.101. The molecular weight excluding hydrogens is 308 g/mol. The van der Waals surface area contributed by atoms with Crippen LogP contribution in [0.5, 0.6) is 0 Å². The third-order valence-corrected chi connectivity index (χ3v) is 4.23. The Kier molecular flexibility index (Phi) is 4.48. The Morgan fingerprint density at radius 1 is 1.13 bits per heavy atom. The van der Waals surface area contributed by atoms with Gasteiger partial charge in [-0.15, -0.1) is 11.8 Å². The third kappa shape index (κ3) is 3.46. The fourth-order valence-electron chi connectivity index (χ4n) is 2.17. The minimum atomic E-state index is -0.284. The van der Waals surface area contributed by atoms with E-state index in [-0.39, 0.29) is 11.6 Å². The molecule has 3 rings (SSSR count). The van der Waals surface area contributed by atoms with Crippen molar-refractivity contribution in [2.75, 3.05) is 11.6 Å². The largest absolute Gasteiger partial charge is 0.355 e. The van der Waals surface area contributed by atoms with Crippen molar-refractivity contribution in [3.63, 3.8) is 0 Å². The lowest BCUT2D eigenvalue weighted by Crippen LogP contribution is -2.12. The molecule has 0 aliphatic carbocycles. The van der Waals surface area contributed by atoms with Gasteiger partial charge in [-0.05, 0) is 25.3 Å². The van der Waals surface area contributed by atoms with Crippen LogP contribution in [0, 0.1) is 6.92 Å². The van der Waals surface area contributed by atoms with Crippen molar-refractivity contribution in [3.05, 3.63) is 65.9 Å². The molecule has 0 saturated heterocycles. The van der Waals surface area contributed by atoms with Crippen LogP contribution in [0.2, 0.25) is 0 Å². The van der Waals surface area contributed by atoms with Gasteiger partial charge in [-0.3, -0.25) is 4.79 Å². The summed E-state index contributed by atoms with van der Waals surface area (Å²) in [4.78, 5) is 13.3. The number of para-hydroxylation sites is 1. The molecule has 4 nitrogen and oxygen atoms in total. The molecule has 0 radical (unpaired) electrons. The fraction of sp³-hybridized carbons (Fsp3) is 0.111. The number of amides is 1. The molecule has 0 atom stereocenters. The number of aromatic nitrogens is 1. The molecule has 23 heavy (non-hydrogen) atoms. The van der Waals surface area contributed by atoms with Crippen LogP contribution in [0.3, 0.4) is 0 Å². The quantitative estimate of drug-likeness (QED) is 0.711. The molecule has 5 heteroatoms. The average Bonchev–Trinajstić information content (AvgIpc) is 3.06. The van der Waals surface area contributed by atoms with Gasteiger partial charge in [-0.1, -0.05) is 47.1 Å². The van der Waals surface area contributed by atoms with Crippen molar-refractivity contribution in [2.45, 2.75) is 11.8 Å². The monoisotopic (exact) mass is 324 g/mol. The molecule has 1 aromatic heterocycles. The Bertz CT molecular complexity index is 825. The molecule has 0 spiro atoms. The molecule has 2 aromatic carbocycles. The van der Waals surface area contributed by atoms with Crippen molar-refractivity contribution < 1.29 is 9.32 Å². The summed E-state index contributed by atoms with van der Waals surface area (Å²) in [5.74, 6) is 0.293. The summed E-state index contributed by atoms with van der Waals surface area (Å²) in [6.45, 7) is 2.02. The first-order chi connectivity index (χ1) is 11.2. The van der Waals surface area contributed by atoms with Crippen LogP contribution in [0.15, 0.2) is 64.0 Å². The Balaban J connectivity index is 1.80. The van der Waals surface area contributed by atoms with Gasteiger partial charge in [0.1, 0.15) is 0 Å². The van der Waals surface area contributed by atoms with E-state index in [9.17, 15) is 4.79 Å². The zero-order valence-electron chi connectivity index (χ0n) is 12.9. The number of hydrogen-bond donors (Lipinski definition) is 1. The summed E-state index contributed by atoms with van der Waals surface area (Å²) in [6, 6.07) is 17.2. The van der Waals surface area contributed by atoms with E-state index in [2.05, 4.69) is 10.5 Å². The lowest BCUT2D eigenvalue weighted by Gasteiger charge is -2.07. The van der Waals surface area contributed by atoms with Gasteiger partial charge in [-0.2, -0.15) is 0 Å². The fourth-order valence-corrected chi connectivity index (χ4v) is 2.72. The highest BCUT2D eigenvalue weighted by Gasteiger charge is 2.15. The van der Waals surface area contributed by atoms with Gasteiger partial charge in [-0.25, -0.2) is 0 Å². The van der Waals surface area contributed by atoms with Gasteiger partial charge in [0.25, 0.3) is 5.91 Å². The maximum atomic E-state index is 12.3. The van der Waals surface area contributed by atoms with Gasteiger partial charge in [0.05, 0.1) is 5.69 Å². The van der Waals surface area contributed by atoms with Crippen molar-refractivity contribution >= 4 is 23.4 Å². The first-order valence-electron chi connectivity index (χ1n) is 7.15. The number of nitrogens with zero attached hydrogens (tertiary/aromatic N) is 1. The lowest BCUT2D eigenvalue weighted by atomic mass is 10.1. The van der Waals surface area contributed by atoms with E-state index in [0.717, 1.165) is 16.1 Å². The van der Waals surface area contributed by atoms with Crippen LogP contribution in [-0.2, 0) is 0 Å². The van der Waals surface area contributed by atoms with Crippen molar-refractivity contribution in [1.82, 2.24) is 5.16 Å². The topological polar surface area (TPSA) is 55.1 Å². The van der Waals surface area contributed by atoms with Gasteiger partial charge >= 0.3 is 0 Å². The van der Waals surface area contributed by atoms with Crippen LogP contribution in [0.4, 0.5) is 5.69 Å². The molecule has 1 amide bonds. The Hall–Kier alpha value is -2.53. The number of carbonyl (C=O) groups excluding carboxylic acids is 1. The van der Waals surface area contributed by atoms with Crippen molar-refractivity contribution in [2.24, 2.45) is 0 Å². The maximum Gasteiger partial charge on any atom is 0.277 e. The third-order valence-electron chi connectivity index (χ3n) is 3.43. The zero-order valence-corrected chi connectivity index (χ0v) is 13.7. The van der Waals surface area contributed by atoms with E-state index in [1.165, 1.54) is 5.56 Å². The second-order valence-electron chi connectivity index (χ2n) is 5.10. The highest BCUT2D eigenvalue weighted by atomic mass is 32.2. The van der Waals surface area contributed by atoms with Crippen LogP contribution in [-0.4, -0.2) is 17.3 Å². The van der Waals surface area contributed by atoms with Gasteiger partial charge in [0.15, 0.2) is 11.5 Å². The molecule has 0 aliphatic heterocycles. The number of rotatable bonds is 4. The van der Waals surface area contributed by atoms with E-state index in [1.807, 2.05) is 61.7 Å². The number of thioether (sulfide) groups is 1. The normalized spacial score (nSPS) is 10.5. The maximum absolute atomic E-state index is 12.3. The minimum absolute atomic E-state index is 0.261. The molecule has 1 heterocycles. The zero-order chi connectivity index (χ0) is 16.2. The first kappa shape index (κ1) is 15.4. The Morgan fingerprint density at radius 3 is 2.61 bits per heavy atom. The number of nitrogens with one attached hydrogen (secondary N) is 1. The highest BCUT2D eigenvalue weighted by molar-refractivity contribution is 7.98. The first-order valence-corrected chi connectivity index (χ1v) is 8.38. The number of anilines is 1. The van der Waals surface area contributed by atoms with E-state index in [1.54, 1.807) is 17.8 Å². The molecule has 0 aliphatic rings. The second-order valence-corrected chi connectivity index (χ2v) is 5.94. The highest BCUT2D eigenvalue weighted by Crippen LogP contribution is 2.26. The van der Waals surface area contributed by atoms with E-state index in [4.69, 9.17) is 4.52 Å². The Labute approximate surface area is 138 Å². The molecule has 116 valence electrons. The molecule has 0 saturated carbocycles. The molecule has 3 aromatic rings. The van der Waals surface area contributed by atoms with Crippen molar-refractivity contribution in [1.29, 1.82) is 0 Å². The van der Waals surface area contributed by atoms with Crippen molar-refractivity contribution in [3.8, 4) is 11.3 Å². The average molecular weight is 324 g/mol. The summed E-state index contributed by atoms with van der Waals surface area (Å²) < 4.78 is 5.29. The molecule has 1 N–H and O–H groups in total. The van der Waals surface area contributed by atoms with Gasteiger partial charge in [0.2, 0.25) is 0 Å². The van der Waals surface area contributed by atoms with Gasteiger partial charge in [0, 0.05) is 16.5 Å². The summed E-state index contributed by atoms with van der Waals surface area (Å²) in [7, 11) is 0. The molecule has 0 bridgehead atoms. The SMILES string of the molecule is CSc1ccccc1NC(=O)c1cc(-c2ccc(C)cc2)on1. The number of hydrogen-bond acceptors (Lipinski definition) is 4. The second kappa shape index (κ2) is 6.71. The van der Waals surface area contributed by atoms with E-state index in [0.29, 0.717) is 5.76 Å². The predicted octanol–water partition coefficient (Wildman–Crippen LogP) is 4.62. The molecule has 0 fully saturated rings. The predicted molar refractivity (Wildman–Crippen MR) is 92.9 cm³/mol. The molecule has 0 unspecified atom stereocenters. The van der Waals surface area contributed by atoms with E-state index < -0.39 is 0 Å². The number of benzene rings is 2. The number of aryl methyl sites for hydroxylation is 1. The summed E-state index contributed by atoms with van der Waals surface area (Å²) in [6.07, 6.45) is 1.97. The minimum Gasteiger partial charge on any atom is -0.355 e. The van der Waals surface area contributed by atoms with Crippen LogP contribution < -0.4 is 5.32 Å². The molecular formula is C18H16N2O2S. The summed E-state index contributed by atoms with van der Waals surface area (Å²) in [5, 5.41) is 6.74.